The molecule has 0 fully saturated rings. The summed E-state index contributed by atoms with van der Waals surface area (Å²) in [5.74, 6) is 0. The number of hydrogen-bond acceptors (Lipinski definition) is 3. The van der Waals surface area contributed by atoms with Gasteiger partial charge in [-0.3, -0.25) is 4.98 Å². The summed E-state index contributed by atoms with van der Waals surface area (Å²) in [7, 11) is -3.10. The van der Waals surface area contributed by atoms with Crippen LogP contribution in [0.4, 0.5) is 0 Å². The molecule has 1 heterocycles. The Morgan fingerprint density at radius 1 is 1.55 bits per heavy atom. The maximum atomic E-state index is 11.0. The molecule has 1 aromatic rings. The van der Waals surface area contributed by atoms with Crippen LogP contribution in [0.25, 0.3) is 0 Å². The van der Waals surface area contributed by atoms with Gasteiger partial charge < -0.3 is 0 Å². The van der Waals surface area contributed by atoms with E-state index in [9.17, 15) is 8.42 Å². The first-order chi connectivity index (χ1) is 5.02. The summed E-state index contributed by atoms with van der Waals surface area (Å²) in [6.07, 6.45) is 4.10. The van der Waals surface area contributed by atoms with Crippen molar-refractivity contribution >= 4 is 32.4 Å². The highest BCUT2D eigenvalue weighted by Crippen LogP contribution is 2.14. The second-order valence-electron chi connectivity index (χ2n) is 2.08. The molecule has 0 unspecified atom stereocenters. The monoisotopic (exact) mass is 283 g/mol. The molecule has 0 spiro atoms. The first-order valence-electron chi connectivity index (χ1n) is 2.81. The van der Waals surface area contributed by atoms with Crippen molar-refractivity contribution in [2.75, 3.05) is 6.26 Å². The number of sulfone groups is 1. The van der Waals surface area contributed by atoms with E-state index in [1.54, 1.807) is 12.3 Å². The highest BCUT2D eigenvalue weighted by Gasteiger charge is 2.10. The average molecular weight is 283 g/mol. The van der Waals surface area contributed by atoms with Crippen molar-refractivity contribution in [2.24, 2.45) is 0 Å². The Bertz CT molecular complexity index is 361. The van der Waals surface area contributed by atoms with Gasteiger partial charge in [0.25, 0.3) is 0 Å². The van der Waals surface area contributed by atoms with Crippen LogP contribution in [-0.4, -0.2) is 19.7 Å². The van der Waals surface area contributed by atoms with E-state index in [0.29, 0.717) is 8.47 Å². The summed E-state index contributed by atoms with van der Waals surface area (Å²) < 4.78 is 22.7. The minimum Gasteiger partial charge on any atom is -0.263 e. The SMILES string of the molecule is CS(=O)(=O)c1cnccc1I. The van der Waals surface area contributed by atoms with E-state index in [0.717, 1.165) is 0 Å². The summed E-state index contributed by atoms with van der Waals surface area (Å²) in [5.41, 5.74) is 0. The summed E-state index contributed by atoms with van der Waals surface area (Å²) in [4.78, 5) is 4.02. The molecule has 0 aromatic carbocycles. The van der Waals surface area contributed by atoms with Gasteiger partial charge in [-0.1, -0.05) is 0 Å². The number of rotatable bonds is 1. The van der Waals surface area contributed by atoms with E-state index in [2.05, 4.69) is 4.98 Å². The van der Waals surface area contributed by atoms with Crippen LogP contribution < -0.4 is 0 Å². The lowest BCUT2D eigenvalue weighted by Crippen LogP contribution is -1.99. The molecular weight excluding hydrogens is 277 g/mol. The van der Waals surface area contributed by atoms with Crippen molar-refractivity contribution in [3.63, 3.8) is 0 Å². The van der Waals surface area contributed by atoms with Gasteiger partial charge in [-0.2, -0.15) is 0 Å². The number of pyridine rings is 1. The molecule has 60 valence electrons. The summed E-state index contributed by atoms with van der Waals surface area (Å²) in [6, 6.07) is 1.66. The van der Waals surface area contributed by atoms with Crippen molar-refractivity contribution in [1.29, 1.82) is 0 Å². The molecule has 0 aliphatic heterocycles. The molecule has 11 heavy (non-hydrogen) atoms. The summed E-state index contributed by atoms with van der Waals surface area (Å²) in [6.45, 7) is 0. The van der Waals surface area contributed by atoms with Crippen molar-refractivity contribution < 1.29 is 8.42 Å². The number of halogens is 1. The molecule has 5 heteroatoms. The average Bonchev–Trinajstić information content (AvgIpc) is 1.86. The molecule has 1 aromatic heterocycles. The van der Waals surface area contributed by atoms with E-state index < -0.39 is 9.84 Å². The molecule has 0 radical (unpaired) electrons. The number of aromatic nitrogens is 1. The van der Waals surface area contributed by atoms with Crippen molar-refractivity contribution in [3.8, 4) is 0 Å². The second-order valence-corrected chi connectivity index (χ2v) is 5.22. The molecule has 0 aliphatic rings. The second kappa shape index (κ2) is 3.06. The lowest BCUT2D eigenvalue weighted by molar-refractivity contribution is 0.601. The zero-order valence-electron chi connectivity index (χ0n) is 5.78. The van der Waals surface area contributed by atoms with Crippen LogP contribution in [0, 0.1) is 3.57 Å². The predicted molar refractivity (Wildman–Crippen MR) is 50.1 cm³/mol. The van der Waals surface area contributed by atoms with Crippen LogP contribution in [-0.2, 0) is 9.84 Å². The van der Waals surface area contributed by atoms with Gasteiger partial charge in [0.15, 0.2) is 9.84 Å². The van der Waals surface area contributed by atoms with Crippen LogP contribution in [0.1, 0.15) is 0 Å². The molecule has 0 amide bonds. The van der Waals surface area contributed by atoms with Gasteiger partial charge in [-0.15, -0.1) is 0 Å². The Labute approximate surface area is 78.9 Å². The minimum absolute atomic E-state index is 0.292. The largest absolute Gasteiger partial charge is 0.263 e. The zero-order chi connectivity index (χ0) is 8.48. The van der Waals surface area contributed by atoms with Gasteiger partial charge in [-0.25, -0.2) is 8.42 Å². The molecule has 0 saturated carbocycles. The van der Waals surface area contributed by atoms with Crippen LogP contribution >= 0.6 is 22.6 Å². The molecule has 0 aliphatic carbocycles. The van der Waals surface area contributed by atoms with E-state index in [1.807, 2.05) is 22.6 Å². The van der Waals surface area contributed by atoms with Gasteiger partial charge >= 0.3 is 0 Å². The third kappa shape index (κ3) is 2.13. The van der Waals surface area contributed by atoms with Crippen LogP contribution in [0.5, 0.6) is 0 Å². The van der Waals surface area contributed by atoms with Crippen LogP contribution in [0.3, 0.4) is 0 Å². The molecule has 0 saturated heterocycles. The quantitative estimate of drug-likeness (QED) is 0.725. The van der Waals surface area contributed by atoms with Crippen molar-refractivity contribution in [1.82, 2.24) is 4.98 Å². The Morgan fingerprint density at radius 2 is 2.18 bits per heavy atom. The smallest absolute Gasteiger partial charge is 0.178 e. The standard InChI is InChI=1S/C6H6INO2S/c1-11(9,10)6-4-8-3-2-5(6)7/h2-4H,1H3. The highest BCUT2D eigenvalue weighted by molar-refractivity contribution is 14.1. The fourth-order valence-corrected chi connectivity index (χ4v) is 2.81. The minimum atomic E-state index is -3.10. The Kier molecular flexibility index (Phi) is 2.48. The van der Waals surface area contributed by atoms with Crippen LogP contribution in [0.2, 0.25) is 0 Å². The van der Waals surface area contributed by atoms with Crippen LogP contribution in [0.15, 0.2) is 23.4 Å². The number of hydrogen-bond donors (Lipinski definition) is 0. The Hall–Kier alpha value is -0.170. The fraction of sp³-hybridized carbons (Fsp3) is 0.167. The molecule has 0 atom stereocenters. The normalized spacial score (nSPS) is 11.5. The van der Waals surface area contributed by atoms with Gasteiger partial charge in [0.1, 0.15) is 0 Å². The number of nitrogens with zero attached hydrogens (tertiary/aromatic N) is 1. The van der Waals surface area contributed by atoms with E-state index in [1.165, 1.54) is 12.5 Å². The third-order valence-corrected chi connectivity index (χ3v) is 3.56. The van der Waals surface area contributed by atoms with E-state index in [-0.39, 0.29) is 0 Å². The molecule has 1 rings (SSSR count). The van der Waals surface area contributed by atoms with Gasteiger partial charge in [-0.05, 0) is 28.7 Å². The maximum Gasteiger partial charge on any atom is 0.178 e. The zero-order valence-corrected chi connectivity index (χ0v) is 8.76. The molecule has 0 N–H and O–H groups in total. The maximum absolute atomic E-state index is 11.0. The first-order valence-corrected chi connectivity index (χ1v) is 5.78. The third-order valence-electron chi connectivity index (χ3n) is 1.13. The highest BCUT2D eigenvalue weighted by atomic mass is 127. The lowest BCUT2D eigenvalue weighted by Gasteiger charge is -1.98. The predicted octanol–water partition coefficient (Wildman–Crippen LogP) is 1.09. The first kappa shape index (κ1) is 8.92. The Morgan fingerprint density at radius 3 is 2.55 bits per heavy atom. The fourth-order valence-electron chi connectivity index (χ4n) is 0.636. The lowest BCUT2D eigenvalue weighted by atomic mass is 10.5. The summed E-state index contributed by atoms with van der Waals surface area (Å²) in [5, 5.41) is 0. The van der Waals surface area contributed by atoms with E-state index in [4.69, 9.17) is 0 Å². The van der Waals surface area contributed by atoms with Gasteiger partial charge in [0, 0.05) is 22.2 Å². The van der Waals surface area contributed by atoms with Gasteiger partial charge in [0.2, 0.25) is 0 Å². The molecule has 3 nitrogen and oxygen atoms in total. The topological polar surface area (TPSA) is 47.0 Å². The molecule has 0 bridgehead atoms. The van der Waals surface area contributed by atoms with Gasteiger partial charge in [0.05, 0.1) is 4.90 Å². The van der Waals surface area contributed by atoms with Crippen molar-refractivity contribution in [2.45, 2.75) is 4.90 Å². The summed E-state index contributed by atoms with van der Waals surface area (Å²) >= 11 is 1.97. The Balaban J connectivity index is 3.37. The van der Waals surface area contributed by atoms with E-state index >= 15 is 0 Å². The molecular formula is C6H6INO2S. The van der Waals surface area contributed by atoms with Crippen molar-refractivity contribution in [3.05, 3.63) is 22.0 Å².